The van der Waals surface area contributed by atoms with Crippen LogP contribution in [0.2, 0.25) is 0 Å². The average Bonchev–Trinajstić information content (AvgIpc) is 3.30. The van der Waals surface area contributed by atoms with Gasteiger partial charge in [0.25, 0.3) is 0 Å². The van der Waals surface area contributed by atoms with Crippen LogP contribution in [0.1, 0.15) is 42.4 Å². The number of aryl methyl sites for hydroxylation is 1. The second kappa shape index (κ2) is 8.23. The number of benzene rings is 1. The van der Waals surface area contributed by atoms with Gasteiger partial charge in [-0.3, -0.25) is 9.48 Å². The van der Waals surface area contributed by atoms with Crippen LogP contribution in [0.3, 0.4) is 0 Å². The minimum Gasteiger partial charge on any atom is -0.515 e. The van der Waals surface area contributed by atoms with Crippen molar-refractivity contribution in [3.8, 4) is 11.3 Å². The molecule has 1 fully saturated rings. The molecule has 0 radical (unpaired) electrons. The molecule has 33 heavy (non-hydrogen) atoms. The maximum absolute atomic E-state index is 13.0. The van der Waals surface area contributed by atoms with E-state index in [4.69, 9.17) is 9.97 Å². The number of ketones is 1. The van der Waals surface area contributed by atoms with Crippen LogP contribution in [0.5, 0.6) is 0 Å². The van der Waals surface area contributed by atoms with Crippen molar-refractivity contribution in [3.05, 3.63) is 77.2 Å². The Morgan fingerprint density at radius 2 is 2.03 bits per heavy atom. The van der Waals surface area contributed by atoms with Crippen molar-refractivity contribution >= 4 is 5.78 Å². The highest BCUT2D eigenvalue weighted by molar-refractivity contribution is 5.98. The van der Waals surface area contributed by atoms with Gasteiger partial charge < -0.3 is 10.2 Å². The van der Waals surface area contributed by atoms with Gasteiger partial charge in [0.1, 0.15) is 5.82 Å². The molecule has 0 unspecified atom stereocenters. The number of carbonyl (C=O) groups excluding carboxylic acids is 1. The first-order valence-electron chi connectivity index (χ1n) is 11.4. The lowest BCUT2D eigenvalue weighted by Gasteiger charge is -2.51. The van der Waals surface area contributed by atoms with Gasteiger partial charge >= 0.3 is 0 Å². The predicted octanol–water partition coefficient (Wildman–Crippen LogP) is 3.54. The second-order valence-corrected chi connectivity index (χ2v) is 9.13. The molecular weight excluding hydrogens is 416 g/mol. The highest BCUT2D eigenvalue weighted by atomic mass is 16.3. The molecule has 1 aromatic carbocycles. The Balaban J connectivity index is 1.78. The van der Waals surface area contributed by atoms with Crippen molar-refractivity contribution in [3.63, 3.8) is 0 Å². The van der Waals surface area contributed by atoms with E-state index in [-0.39, 0.29) is 24.2 Å². The van der Waals surface area contributed by atoms with Crippen molar-refractivity contribution in [1.29, 1.82) is 0 Å². The molecule has 0 aliphatic heterocycles. The number of hydrogen-bond acceptors (Lipinski definition) is 6. The molecule has 7 nitrogen and oxygen atoms in total. The largest absolute Gasteiger partial charge is 0.515 e. The minimum absolute atomic E-state index is 0.0169. The summed E-state index contributed by atoms with van der Waals surface area (Å²) in [7, 11) is 0. The number of allylic oxidation sites excluding steroid dienone is 1. The van der Waals surface area contributed by atoms with Crippen molar-refractivity contribution < 1.29 is 15.0 Å². The smallest absolute Gasteiger partial charge is 0.165 e. The standard InChI is InChI=1S/C26H28N4O3/c1-16-22-9-8-21-23(19-13-27-30(14-19)10-11-31)28-17(2)29-25(21)26(22,12-18(15-32)24(16)33)20-6-4-3-5-7-20/h3-7,13-16,22,31-32H,8-12H2,1-2H3/b18-15-/t16-,22-,26+/m0/s1. The third-order valence-corrected chi connectivity index (χ3v) is 7.36. The minimum atomic E-state index is -0.528. The van der Waals surface area contributed by atoms with E-state index in [1.807, 2.05) is 38.2 Å². The summed E-state index contributed by atoms with van der Waals surface area (Å²) in [4.78, 5) is 22.8. The quantitative estimate of drug-likeness (QED) is 0.472. The highest BCUT2D eigenvalue weighted by Gasteiger charge is 2.55. The number of aliphatic hydroxyl groups is 2. The molecule has 170 valence electrons. The van der Waals surface area contributed by atoms with Crippen LogP contribution in [0.4, 0.5) is 0 Å². The van der Waals surface area contributed by atoms with Crippen molar-refractivity contribution in [2.45, 2.75) is 45.1 Å². The van der Waals surface area contributed by atoms with Gasteiger partial charge in [-0.1, -0.05) is 37.3 Å². The summed E-state index contributed by atoms with van der Waals surface area (Å²) in [5.74, 6) is 0.530. The molecule has 2 aliphatic carbocycles. The maximum Gasteiger partial charge on any atom is 0.165 e. The normalized spacial score (nSPS) is 25.7. The Morgan fingerprint density at radius 3 is 2.76 bits per heavy atom. The first-order chi connectivity index (χ1) is 16.0. The summed E-state index contributed by atoms with van der Waals surface area (Å²) >= 11 is 0. The van der Waals surface area contributed by atoms with E-state index in [1.54, 1.807) is 10.9 Å². The Bertz CT molecular complexity index is 1230. The van der Waals surface area contributed by atoms with Crippen LogP contribution < -0.4 is 0 Å². The lowest BCUT2D eigenvalue weighted by atomic mass is 9.52. The molecule has 3 aromatic rings. The fourth-order valence-electron chi connectivity index (χ4n) is 5.92. The zero-order chi connectivity index (χ0) is 23.2. The van der Waals surface area contributed by atoms with E-state index in [2.05, 4.69) is 17.2 Å². The molecule has 1 saturated carbocycles. The Kier molecular flexibility index (Phi) is 5.37. The van der Waals surface area contributed by atoms with E-state index in [1.165, 1.54) is 0 Å². The summed E-state index contributed by atoms with van der Waals surface area (Å²) < 4.78 is 1.71. The van der Waals surface area contributed by atoms with E-state index < -0.39 is 5.41 Å². The lowest BCUT2D eigenvalue weighted by molar-refractivity contribution is -0.123. The zero-order valence-electron chi connectivity index (χ0n) is 18.9. The second-order valence-electron chi connectivity index (χ2n) is 9.13. The Labute approximate surface area is 192 Å². The molecule has 7 heteroatoms. The van der Waals surface area contributed by atoms with E-state index in [0.29, 0.717) is 24.4 Å². The summed E-state index contributed by atoms with van der Waals surface area (Å²) in [5.41, 5.74) is 4.79. The molecule has 0 saturated heterocycles. The van der Waals surface area contributed by atoms with Gasteiger partial charge in [-0.25, -0.2) is 9.97 Å². The first kappa shape index (κ1) is 21.5. The van der Waals surface area contributed by atoms with Gasteiger partial charge in [0, 0.05) is 34.2 Å². The van der Waals surface area contributed by atoms with Gasteiger partial charge in [0.05, 0.1) is 37.0 Å². The molecule has 0 amide bonds. The molecule has 3 atom stereocenters. The summed E-state index contributed by atoms with van der Waals surface area (Å²) in [6.07, 6.45) is 6.69. The van der Waals surface area contributed by atoms with Gasteiger partial charge in [0.15, 0.2) is 5.78 Å². The van der Waals surface area contributed by atoms with Crippen LogP contribution in [0, 0.1) is 18.8 Å². The number of hydrogen-bond donors (Lipinski definition) is 2. The fourth-order valence-corrected chi connectivity index (χ4v) is 5.92. The topological polar surface area (TPSA) is 101 Å². The maximum atomic E-state index is 13.0. The monoisotopic (exact) mass is 444 g/mol. The van der Waals surface area contributed by atoms with Crippen LogP contribution in [0.25, 0.3) is 11.3 Å². The van der Waals surface area contributed by atoms with Crippen molar-refractivity contribution in [2.24, 2.45) is 11.8 Å². The van der Waals surface area contributed by atoms with Crippen molar-refractivity contribution in [2.75, 3.05) is 6.61 Å². The van der Waals surface area contributed by atoms with Crippen LogP contribution in [0.15, 0.2) is 54.6 Å². The first-order valence-corrected chi connectivity index (χ1v) is 11.4. The molecule has 2 N–H and O–H groups in total. The molecule has 5 rings (SSSR count). The van der Waals surface area contributed by atoms with Crippen molar-refractivity contribution in [1.82, 2.24) is 19.7 Å². The third kappa shape index (κ3) is 3.30. The van der Waals surface area contributed by atoms with E-state index >= 15 is 0 Å². The van der Waals surface area contributed by atoms with Gasteiger partial charge in [-0.15, -0.1) is 0 Å². The average molecular weight is 445 g/mol. The van der Waals surface area contributed by atoms with Crippen LogP contribution >= 0.6 is 0 Å². The molecule has 2 aromatic heterocycles. The SMILES string of the molecule is Cc1nc(-c2cnn(CCO)c2)c2c(n1)[C@@]1(c3ccccc3)C/C(=C/O)C(=O)[C@@H](C)[C@@H]1CC2. The third-order valence-electron chi connectivity index (χ3n) is 7.36. The highest BCUT2D eigenvalue weighted by Crippen LogP contribution is 2.56. The van der Waals surface area contributed by atoms with Crippen LogP contribution in [-0.2, 0) is 23.2 Å². The molecule has 2 heterocycles. The molecular formula is C26H28N4O3. The van der Waals surface area contributed by atoms with E-state index in [0.717, 1.165) is 47.2 Å². The zero-order valence-corrected chi connectivity index (χ0v) is 18.9. The number of fused-ring (bicyclic) bond motifs is 3. The lowest BCUT2D eigenvalue weighted by Crippen LogP contribution is -2.51. The summed E-state index contributed by atoms with van der Waals surface area (Å²) in [5, 5.41) is 23.6. The number of rotatable bonds is 4. The number of Topliss-reactive ketones (excluding diaryl/α,β-unsaturated/α-hetero) is 1. The van der Waals surface area contributed by atoms with E-state index in [9.17, 15) is 15.0 Å². The molecule has 0 bridgehead atoms. The summed E-state index contributed by atoms with van der Waals surface area (Å²) in [6, 6.07) is 10.2. The predicted molar refractivity (Wildman–Crippen MR) is 124 cm³/mol. The Morgan fingerprint density at radius 1 is 1.24 bits per heavy atom. The number of aliphatic hydroxyl groups excluding tert-OH is 2. The number of carbonyl (C=O) groups is 1. The van der Waals surface area contributed by atoms with Gasteiger partial charge in [-0.2, -0.15) is 5.10 Å². The fraction of sp³-hybridized carbons (Fsp3) is 0.385. The molecule has 0 spiro atoms. The molecule has 2 aliphatic rings. The number of nitrogens with zero attached hydrogens (tertiary/aromatic N) is 4. The van der Waals surface area contributed by atoms with Crippen LogP contribution in [-0.4, -0.2) is 42.4 Å². The van der Waals surface area contributed by atoms with Gasteiger partial charge in [0.2, 0.25) is 0 Å². The summed E-state index contributed by atoms with van der Waals surface area (Å²) in [6.45, 7) is 4.31. The Hall–Kier alpha value is -3.32. The number of aromatic nitrogens is 4. The van der Waals surface area contributed by atoms with Gasteiger partial charge in [-0.05, 0) is 37.7 Å².